The highest BCUT2D eigenvalue weighted by molar-refractivity contribution is 7.22. The molecule has 1 heterocycles. The Morgan fingerprint density at radius 2 is 1.84 bits per heavy atom. The fourth-order valence-corrected chi connectivity index (χ4v) is 1.24. The lowest BCUT2D eigenvalue weighted by Crippen LogP contribution is -2.22. The largest absolute Gasteiger partial charge is 0.450 e. The molecule has 7 heteroatoms. The number of nitrogens with zero attached hydrogens (tertiary/aromatic N) is 1. The maximum atomic E-state index is 11.1. The van der Waals surface area contributed by atoms with E-state index in [1.54, 1.807) is 6.92 Å². The summed E-state index contributed by atoms with van der Waals surface area (Å²) in [6.07, 6.45) is 0. The second-order valence-electron chi connectivity index (χ2n) is 4.30. The first kappa shape index (κ1) is 15.9. The van der Waals surface area contributed by atoms with Crippen molar-refractivity contribution in [2.45, 2.75) is 20.8 Å². The number of ether oxygens (including phenoxy) is 1. The Kier molecular flexibility index (Phi) is 6.22. The van der Waals surface area contributed by atoms with Crippen LogP contribution >= 0.6 is 20.4 Å². The normalized spacial score (nSPS) is 13.2. The van der Waals surface area contributed by atoms with Crippen LogP contribution in [-0.4, -0.2) is 10.3 Å². The van der Waals surface area contributed by atoms with E-state index in [2.05, 4.69) is 4.84 Å². The highest BCUT2D eigenvalue weighted by Gasteiger charge is 2.20. The number of hydrogen-bond acceptors (Lipinski definition) is 4. The molecule has 1 unspecified atom stereocenters. The minimum absolute atomic E-state index is 0.172. The summed E-state index contributed by atoms with van der Waals surface area (Å²) < 4.78 is 15.4. The van der Waals surface area contributed by atoms with E-state index in [1.165, 1.54) is 0 Å². The van der Waals surface area contributed by atoms with Gasteiger partial charge in [-0.15, -0.1) is 0 Å². The summed E-state index contributed by atoms with van der Waals surface area (Å²) in [4.78, 5) is 15.5. The summed E-state index contributed by atoms with van der Waals surface area (Å²) in [6, 6.07) is 7.84. The minimum atomic E-state index is -0.548. The molecule has 1 aliphatic rings. The predicted molar refractivity (Wildman–Crippen MR) is 71.9 cm³/mol. The van der Waals surface area contributed by atoms with Crippen LogP contribution in [0.4, 0.5) is 0 Å². The van der Waals surface area contributed by atoms with Crippen LogP contribution in [0.5, 0.6) is 11.5 Å². The van der Waals surface area contributed by atoms with Crippen molar-refractivity contribution in [1.29, 1.82) is 0 Å². The van der Waals surface area contributed by atoms with Crippen molar-refractivity contribution in [2.75, 3.05) is 0 Å². The number of halogens is 1. The van der Waals surface area contributed by atoms with E-state index in [0.29, 0.717) is 4.35 Å². The summed E-state index contributed by atoms with van der Waals surface area (Å²) in [5.74, 6) is 1.49. The molecule has 0 amide bonds. The number of carbonyl (C=O) groups is 1. The van der Waals surface area contributed by atoms with Gasteiger partial charge in [-0.25, -0.2) is 4.79 Å². The van der Waals surface area contributed by atoms with Gasteiger partial charge in [0.1, 0.15) is 0 Å². The molecular formula is C12H15ClNO4P. The van der Waals surface area contributed by atoms with Gasteiger partial charge in [0, 0.05) is 16.1 Å². The van der Waals surface area contributed by atoms with E-state index in [0.717, 1.165) is 11.5 Å². The average molecular weight is 304 g/mol. The Morgan fingerprint density at radius 3 is 2.21 bits per heavy atom. The molecule has 0 aliphatic carbocycles. The van der Waals surface area contributed by atoms with Crippen molar-refractivity contribution in [3.8, 4) is 11.5 Å². The smallest absolute Gasteiger partial charge is 0.330 e. The molecule has 2 rings (SSSR count). The maximum absolute atomic E-state index is 11.1. The second kappa shape index (κ2) is 7.43. The molecule has 0 aromatic heterocycles. The molecule has 104 valence electrons. The van der Waals surface area contributed by atoms with Crippen LogP contribution in [0.3, 0.4) is 0 Å². The number of para-hydroxylation sites is 2. The summed E-state index contributed by atoms with van der Waals surface area (Å²) in [6.45, 7) is 5.50. The van der Waals surface area contributed by atoms with Gasteiger partial charge in [0.15, 0.2) is 11.5 Å². The number of rotatable bonds is 4. The molecule has 0 saturated heterocycles. The van der Waals surface area contributed by atoms with Gasteiger partial charge in [0.2, 0.25) is 0 Å². The van der Waals surface area contributed by atoms with Crippen molar-refractivity contribution in [3.63, 3.8) is 0 Å². The molecule has 0 bridgehead atoms. The summed E-state index contributed by atoms with van der Waals surface area (Å²) in [5, 5.41) is 0. The van der Waals surface area contributed by atoms with Gasteiger partial charge in [-0.05, 0) is 18.1 Å². The summed E-state index contributed by atoms with van der Waals surface area (Å²) >= 11 is 5.17. The Labute approximate surface area is 118 Å². The molecule has 1 aromatic rings. The molecule has 5 nitrogen and oxygen atoms in total. The van der Waals surface area contributed by atoms with Crippen LogP contribution in [0.2, 0.25) is 0 Å². The predicted octanol–water partition coefficient (Wildman–Crippen LogP) is 4.19. The number of fused-ring (bicyclic) bond motifs is 1. The van der Waals surface area contributed by atoms with Crippen molar-refractivity contribution in [3.05, 3.63) is 24.3 Å². The lowest BCUT2D eigenvalue weighted by Gasteiger charge is -2.13. The molecule has 1 aliphatic heterocycles. The first-order valence-electron chi connectivity index (χ1n) is 5.73. The third-order valence-corrected chi connectivity index (χ3v) is 3.09. The van der Waals surface area contributed by atoms with Crippen LogP contribution in [0.15, 0.2) is 24.3 Å². The zero-order valence-electron chi connectivity index (χ0n) is 10.9. The Bertz CT molecular complexity index is 434. The Morgan fingerprint density at radius 1 is 1.32 bits per heavy atom. The van der Waals surface area contributed by atoms with Gasteiger partial charge >= 0.3 is 14.6 Å². The van der Waals surface area contributed by atoms with Gasteiger partial charge in [-0.1, -0.05) is 32.9 Å². The second-order valence-corrected chi connectivity index (χ2v) is 5.37. The Balaban J connectivity index is 0.000000213. The van der Waals surface area contributed by atoms with Crippen LogP contribution in [0, 0.1) is 11.8 Å². The molecule has 0 fully saturated rings. The van der Waals surface area contributed by atoms with E-state index >= 15 is 0 Å². The molecule has 0 spiro atoms. The van der Waals surface area contributed by atoms with Crippen molar-refractivity contribution in [2.24, 2.45) is 11.8 Å². The van der Waals surface area contributed by atoms with Gasteiger partial charge in [-0.2, -0.15) is 0 Å². The standard InChI is InChI=1S/C6H11ClNO3P.C6H4O/c1-4(2)5(3)6(9)11-8(7)12-10;1-2-4-6-5(3-1)7-6/h4-5H,1-3H3;1-4H. The quantitative estimate of drug-likeness (QED) is 0.367. The van der Waals surface area contributed by atoms with Crippen LogP contribution in [0.1, 0.15) is 20.8 Å². The lowest BCUT2D eigenvalue weighted by molar-refractivity contribution is -0.163. The van der Waals surface area contributed by atoms with E-state index in [1.807, 2.05) is 38.1 Å². The van der Waals surface area contributed by atoms with Crippen LogP contribution in [-0.2, 0) is 14.2 Å². The third-order valence-electron chi connectivity index (χ3n) is 2.63. The molecule has 0 radical (unpaired) electrons. The van der Waals surface area contributed by atoms with Gasteiger partial charge in [0.05, 0.1) is 5.92 Å². The average Bonchev–Trinajstić information content (AvgIpc) is 3.17. The van der Waals surface area contributed by atoms with Crippen molar-refractivity contribution < 1.29 is 18.9 Å². The topological polar surface area (TPSA) is 59.1 Å². The molecular weight excluding hydrogens is 289 g/mol. The van der Waals surface area contributed by atoms with Crippen molar-refractivity contribution >= 4 is 26.4 Å². The van der Waals surface area contributed by atoms with E-state index in [9.17, 15) is 9.36 Å². The van der Waals surface area contributed by atoms with Gasteiger partial charge in [0.25, 0.3) is 0 Å². The number of hydrogen-bond donors (Lipinski definition) is 0. The van der Waals surface area contributed by atoms with E-state index < -0.39 is 14.6 Å². The number of benzene rings is 1. The van der Waals surface area contributed by atoms with E-state index in [4.69, 9.17) is 16.5 Å². The minimum Gasteiger partial charge on any atom is -0.450 e. The van der Waals surface area contributed by atoms with Crippen molar-refractivity contribution in [1.82, 2.24) is 4.35 Å². The SMILES string of the molecule is CC(C)C(C)C(=O)ON(Cl)P=O.c1ccc2c(c1)O2. The summed E-state index contributed by atoms with van der Waals surface area (Å²) in [7, 11) is -0.548. The van der Waals surface area contributed by atoms with E-state index in [-0.39, 0.29) is 11.8 Å². The lowest BCUT2D eigenvalue weighted by atomic mass is 9.99. The fraction of sp³-hybridized carbons (Fsp3) is 0.417. The summed E-state index contributed by atoms with van der Waals surface area (Å²) in [5.41, 5.74) is 0. The first-order valence-corrected chi connectivity index (χ1v) is 6.84. The molecule has 19 heavy (non-hydrogen) atoms. The Hall–Kier alpha value is -1.16. The van der Waals surface area contributed by atoms with Gasteiger partial charge in [-0.3, -0.25) is 4.57 Å². The fourth-order valence-electron chi connectivity index (χ4n) is 1.06. The number of carbonyl (C=O) groups excluding carboxylic acids is 1. The highest BCUT2D eigenvalue weighted by atomic mass is 35.5. The monoisotopic (exact) mass is 303 g/mol. The zero-order chi connectivity index (χ0) is 14.4. The molecule has 1 atom stereocenters. The zero-order valence-corrected chi connectivity index (χ0v) is 12.5. The molecule has 0 N–H and O–H groups in total. The maximum Gasteiger partial charge on any atom is 0.330 e. The first-order chi connectivity index (χ1) is 8.95. The highest BCUT2D eigenvalue weighted by Crippen LogP contribution is 2.43. The molecule has 0 saturated carbocycles. The van der Waals surface area contributed by atoms with Crippen LogP contribution in [0.25, 0.3) is 0 Å². The van der Waals surface area contributed by atoms with Gasteiger partial charge < -0.3 is 9.57 Å². The molecule has 1 aromatic carbocycles. The van der Waals surface area contributed by atoms with Crippen LogP contribution < -0.4 is 4.74 Å². The third kappa shape index (κ3) is 5.55.